The molecule has 19 heavy (non-hydrogen) atoms. The molecule has 0 bridgehead atoms. The summed E-state index contributed by atoms with van der Waals surface area (Å²) in [4.78, 5) is 0. The van der Waals surface area contributed by atoms with Gasteiger partial charge in [-0.05, 0) is 30.5 Å². The molecule has 0 aromatic heterocycles. The third kappa shape index (κ3) is 3.12. The number of aliphatic hydroxyl groups is 1. The van der Waals surface area contributed by atoms with Crippen molar-refractivity contribution in [3.8, 4) is 17.6 Å². The highest BCUT2D eigenvalue weighted by Crippen LogP contribution is 2.49. The van der Waals surface area contributed by atoms with Gasteiger partial charge in [-0.25, -0.2) is 0 Å². The molecule has 0 atom stereocenters. The maximum Gasteiger partial charge on any atom is 0.179 e. The minimum absolute atomic E-state index is 0.0151. The third-order valence-corrected chi connectivity index (χ3v) is 3.69. The maximum absolute atomic E-state index is 9.12. The van der Waals surface area contributed by atoms with Gasteiger partial charge in [-0.15, -0.1) is 0 Å². The molecule has 1 N–H and O–H groups in total. The summed E-state index contributed by atoms with van der Waals surface area (Å²) in [7, 11) is 1.53. The number of aliphatic hydroxyl groups excluding tert-OH is 1. The first-order valence-corrected chi connectivity index (χ1v) is 6.49. The van der Waals surface area contributed by atoms with Crippen LogP contribution in [0.25, 0.3) is 0 Å². The number of ether oxygens (including phenoxy) is 2. The number of nitrogens with zero attached hydrogens (tertiary/aromatic N) is 1. The largest absolute Gasteiger partial charge is 0.493 e. The van der Waals surface area contributed by atoms with Crippen molar-refractivity contribution in [3.63, 3.8) is 0 Å². The van der Waals surface area contributed by atoms with Crippen LogP contribution in [-0.4, -0.2) is 18.8 Å². The molecule has 1 aliphatic carbocycles. The van der Waals surface area contributed by atoms with Gasteiger partial charge in [-0.3, -0.25) is 0 Å². The number of methoxy groups -OCH3 is 1. The van der Waals surface area contributed by atoms with E-state index in [2.05, 4.69) is 6.07 Å². The number of nitriles is 1. The zero-order chi connectivity index (χ0) is 13.9. The minimum atomic E-state index is -0.102. The van der Waals surface area contributed by atoms with Crippen molar-refractivity contribution in [1.29, 1.82) is 5.26 Å². The molecule has 5 heteroatoms. The van der Waals surface area contributed by atoms with Gasteiger partial charge in [0.25, 0.3) is 0 Å². The van der Waals surface area contributed by atoms with Crippen LogP contribution in [0.4, 0.5) is 0 Å². The molecule has 1 fully saturated rings. The Morgan fingerprint density at radius 1 is 1.47 bits per heavy atom. The molecule has 1 aromatic rings. The first kappa shape index (κ1) is 14.0. The quantitative estimate of drug-likeness (QED) is 0.871. The molecule has 1 aromatic carbocycles. The third-order valence-electron chi connectivity index (χ3n) is 3.41. The predicted molar refractivity (Wildman–Crippen MR) is 71.3 cm³/mol. The van der Waals surface area contributed by atoms with E-state index >= 15 is 0 Å². The van der Waals surface area contributed by atoms with Crippen LogP contribution in [0.3, 0.4) is 0 Å². The van der Waals surface area contributed by atoms with E-state index in [9.17, 15) is 0 Å². The van der Waals surface area contributed by atoms with Crippen LogP contribution >= 0.6 is 11.6 Å². The lowest BCUT2D eigenvalue weighted by atomic mass is 10.1. The van der Waals surface area contributed by atoms with E-state index in [1.54, 1.807) is 12.1 Å². The second-order valence-electron chi connectivity index (χ2n) is 4.89. The molecule has 0 spiro atoms. The van der Waals surface area contributed by atoms with Gasteiger partial charge in [0.1, 0.15) is 0 Å². The Balaban J connectivity index is 2.14. The molecule has 0 saturated heterocycles. The first-order chi connectivity index (χ1) is 9.14. The second kappa shape index (κ2) is 5.68. The Kier molecular flexibility index (Phi) is 4.18. The summed E-state index contributed by atoms with van der Waals surface area (Å²) >= 11 is 6.14. The van der Waals surface area contributed by atoms with Gasteiger partial charge in [-0.1, -0.05) is 11.6 Å². The van der Waals surface area contributed by atoms with Gasteiger partial charge in [0.05, 0.1) is 31.4 Å². The summed E-state index contributed by atoms with van der Waals surface area (Å²) in [6.45, 7) is 0.365. The molecule has 0 aliphatic heterocycles. The molecule has 1 aliphatic rings. The van der Waals surface area contributed by atoms with Crippen molar-refractivity contribution in [1.82, 2.24) is 0 Å². The summed E-state index contributed by atoms with van der Waals surface area (Å²) in [5.41, 5.74) is 0.658. The van der Waals surface area contributed by atoms with E-state index in [1.165, 1.54) is 7.11 Å². The average Bonchev–Trinajstić information content (AvgIpc) is 3.17. The lowest BCUT2D eigenvalue weighted by Gasteiger charge is -2.17. The molecule has 0 heterocycles. The molecule has 102 valence electrons. The average molecular weight is 282 g/mol. The van der Waals surface area contributed by atoms with E-state index in [-0.39, 0.29) is 12.0 Å². The zero-order valence-electron chi connectivity index (χ0n) is 10.8. The first-order valence-electron chi connectivity index (χ1n) is 6.11. The summed E-state index contributed by atoms with van der Waals surface area (Å²) in [6, 6.07) is 5.55. The van der Waals surface area contributed by atoms with E-state index in [4.69, 9.17) is 31.4 Å². The number of rotatable bonds is 6. The number of hydrogen-bond donors (Lipinski definition) is 1. The fourth-order valence-corrected chi connectivity index (χ4v) is 2.23. The van der Waals surface area contributed by atoms with Crippen molar-refractivity contribution in [2.45, 2.75) is 25.9 Å². The van der Waals surface area contributed by atoms with E-state index in [1.807, 2.05) is 0 Å². The Morgan fingerprint density at radius 2 is 2.21 bits per heavy atom. The van der Waals surface area contributed by atoms with Gasteiger partial charge >= 0.3 is 0 Å². The SMILES string of the molecule is COc1cc(CO)cc(Cl)c1OCC1(CC#N)CC1. The maximum atomic E-state index is 9.12. The van der Waals surface area contributed by atoms with Gasteiger partial charge in [0.2, 0.25) is 0 Å². The summed E-state index contributed by atoms with van der Waals surface area (Å²) < 4.78 is 11.0. The van der Waals surface area contributed by atoms with Crippen LogP contribution in [0.15, 0.2) is 12.1 Å². The predicted octanol–water partition coefficient (Wildman–Crippen LogP) is 2.91. The fraction of sp³-hybridized carbons (Fsp3) is 0.500. The van der Waals surface area contributed by atoms with Crippen molar-refractivity contribution in [2.75, 3.05) is 13.7 Å². The Labute approximate surface area is 117 Å². The second-order valence-corrected chi connectivity index (χ2v) is 5.30. The molecular weight excluding hydrogens is 266 g/mol. The normalized spacial score (nSPS) is 15.7. The molecular formula is C14H16ClNO3. The molecule has 0 unspecified atom stereocenters. The lowest BCUT2D eigenvalue weighted by Crippen LogP contribution is -2.13. The Bertz CT molecular complexity index is 506. The van der Waals surface area contributed by atoms with E-state index < -0.39 is 0 Å². The van der Waals surface area contributed by atoms with Gasteiger partial charge < -0.3 is 14.6 Å². The number of halogens is 1. The molecule has 2 rings (SSSR count). The van der Waals surface area contributed by atoms with Crippen LogP contribution in [0.1, 0.15) is 24.8 Å². The van der Waals surface area contributed by atoms with Gasteiger partial charge in [0, 0.05) is 11.8 Å². The topological polar surface area (TPSA) is 62.5 Å². The smallest absolute Gasteiger partial charge is 0.179 e. The molecule has 0 radical (unpaired) electrons. The van der Waals surface area contributed by atoms with Crippen molar-refractivity contribution in [3.05, 3.63) is 22.7 Å². The van der Waals surface area contributed by atoms with Gasteiger partial charge in [0.15, 0.2) is 11.5 Å². The Hall–Kier alpha value is -1.44. The number of hydrogen-bond acceptors (Lipinski definition) is 4. The van der Waals surface area contributed by atoms with E-state index in [0.717, 1.165) is 12.8 Å². The summed E-state index contributed by atoms with van der Waals surface area (Å²) in [5, 5.41) is 18.3. The van der Waals surface area contributed by atoms with Gasteiger partial charge in [-0.2, -0.15) is 5.26 Å². The van der Waals surface area contributed by atoms with Crippen LogP contribution in [0.5, 0.6) is 11.5 Å². The molecule has 1 saturated carbocycles. The van der Waals surface area contributed by atoms with Crippen LogP contribution in [0, 0.1) is 16.7 Å². The summed E-state index contributed by atoms with van der Waals surface area (Å²) in [5.74, 6) is 0.981. The fourth-order valence-electron chi connectivity index (χ4n) is 1.95. The number of benzene rings is 1. The van der Waals surface area contributed by atoms with Crippen molar-refractivity contribution >= 4 is 11.6 Å². The van der Waals surface area contributed by atoms with Crippen molar-refractivity contribution in [2.24, 2.45) is 5.41 Å². The monoisotopic (exact) mass is 281 g/mol. The highest BCUT2D eigenvalue weighted by molar-refractivity contribution is 6.32. The van der Waals surface area contributed by atoms with E-state index in [0.29, 0.717) is 35.1 Å². The Morgan fingerprint density at radius 3 is 2.74 bits per heavy atom. The van der Waals surface area contributed by atoms with Crippen LogP contribution in [-0.2, 0) is 6.61 Å². The van der Waals surface area contributed by atoms with Crippen LogP contribution in [0.2, 0.25) is 5.02 Å². The molecule has 4 nitrogen and oxygen atoms in total. The van der Waals surface area contributed by atoms with Crippen molar-refractivity contribution < 1.29 is 14.6 Å². The highest BCUT2D eigenvalue weighted by atomic mass is 35.5. The summed E-state index contributed by atoms with van der Waals surface area (Å²) in [6.07, 6.45) is 2.52. The van der Waals surface area contributed by atoms with Crippen LogP contribution < -0.4 is 9.47 Å². The molecule has 0 amide bonds. The minimum Gasteiger partial charge on any atom is -0.493 e. The highest BCUT2D eigenvalue weighted by Gasteiger charge is 2.43. The zero-order valence-corrected chi connectivity index (χ0v) is 11.5. The standard InChI is InChI=1S/C14H16ClNO3/c1-18-12-7-10(8-17)6-11(15)13(12)19-9-14(2-3-14)4-5-16/h6-7,17H,2-4,8-9H2,1H3. The lowest BCUT2D eigenvalue weighted by molar-refractivity contribution is 0.226.